The number of methoxy groups -OCH3 is 1. The van der Waals surface area contributed by atoms with E-state index >= 15 is 0 Å². The van der Waals surface area contributed by atoms with Crippen molar-refractivity contribution >= 4 is 23.3 Å². The van der Waals surface area contributed by atoms with E-state index in [1.165, 1.54) is 13.2 Å². The first-order chi connectivity index (χ1) is 16.5. The minimum atomic E-state index is -0.734. The summed E-state index contributed by atoms with van der Waals surface area (Å²) in [6.45, 7) is 0.00856. The van der Waals surface area contributed by atoms with Gasteiger partial charge in [0.1, 0.15) is 41.7 Å². The average Bonchev–Trinajstić information content (AvgIpc) is 2.83. The number of hydrogen-bond acceptors (Lipinski definition) is 10. The predicted molar refractivity (Wildman–Crippen MR) is 123 cm³/mol. The number of fused-ring (bicyclic) bond motifs is 1. The first kappa shape index (κ1) is 22.2. The molecule has 4 rings (SSSR count). The van der Waals surface area contributed by atoms with Crippen LogP contribution in [0.2, 0.25) is 0 Å². The minimum Gasteiger partial charge on any atom is -0.493 e. The molecule has 0 spiro atoms. The molecule has 34 heavy (non-hydrogen) atoms. The zero-order valence-corrected chi connectivity index (χ0v) is 18.0. The fourth-order valence-corrected chi connectivity index (χ4v) is 3.57. The number of aromatic nitrogens is 1. The zero-order valence-electron chi connectivity index (χ0n) is 18.0. The first-order valence-electron chi connectivity index (χ1n) is 9.99. The summed E-state index contributed by atoms with van der Waals surface area (Å²) in [5.41, 5.74) is 13.7. The van der Waals surface area contributed by atoms with E-state index in [1.54, 1.807) is 42.6 Å². The van der Waals surface area contributed by atoms with Gasteiger partial charge < -0.3 is 26.3 Å². The van der Waals surface area contributed by atoms with Crippen molar-refractivity contribution in [2.24, 2.45) is 4.99 Å². The van der Waals surface area contributed by atoms with E-state index in [0.717, 1.165) is 0 Å². The molecular formula is C23H19FN8O2. The lowest BCUT2D eigenvalue weighted by Gasteiger charge is -2.26. The molecule has 1 aliphatic rings. The summed E-state index contributed by atoms with van der Waals surface area (Å²) in [4.78, 5) is 8.74. The van der Waals surface area contributed by atoms with E-state index in [0.29, 0.717) is 28.2 Å². The number of ether oxygens (including phenoxy) is 2. The largest absolute Gasteiger partial charge is 0.493 e. The van der Waals surface area contributed by atoms with Gasteiger partial charge in [-0.05, 0) is 23.8 Å². The number of anilines is 3. The molecule has 0 fully saturated rings. The monoisotopic (exact) mass is 458 g/mol. The summed E-state index contributed by atoms with van der Waals surface area (Å²) in [6, 6.07) is 12.6. The van der Waals surface area contributed by atoms with Crippen molar-refractivity contribution in [1.82, 2.24) is 10.3 Å². The van der Waals surface area contributed by atoms with Crippen LogP contribution in [0.5, 0.6) is 11.5 Å². The topological polar surface area (TPSA) is 167 Å². The number of pyridine rings is 1. The normalized spacial score (nSPS) is 14.0. The van der Waals surface area contributed by atoms with Gasteiger partial charge in [0, 0.05) is 11.1 Å². The standard InChI is InChI=1S/C23H19FN8O2/c1-33-17-8-12(6-7-16(17)34-10-13-4-2-3-5-15(13)24)20-18-19(27)14(9-25)21(28)31-22(18)32-23(30-20)29-11-26/h2-8,20H,10H2,1H3,(H6,27,28,29,30,31,32). The number of hydrogen-bond donors (Lipinski definition) is 4. The molecule has 2 heterocycles. The van der Waals surface area contributed by atoms with Gasteiger partial charge in [0.15, 0.2) is 17.7 Å². The Morgan fingerprint density at radius 2 is 1.97 bits per heavy atom. The molecule has 10 nitrogen and oxygen atoms in total. The van der Waals surface area contributed by atoms with Gasteiger partial charge in [0.2, 0.25) is 5.96 Å². The van der Waals surface area contributed by atoms with E-state index in [-0.39, 0.29) is 41.3 Å². The molecular weight excluding hydrogens is 439 g/mol. The van der Waals surface area contributed by atoms with Crippen LogP contribution in [0.3, 0.4) is 0 Å². The van der Waals surface area contributed by atoms with Crippen molar-refractivity contribution in [3.63, 3.8) is 0 Å². The van der Waals surface area contributed by atoms with Crippen molar-refractivity contribution in [2.45, 2.75) is 12.6 Å². The van der Waals surface area contributed by atoms with Gasteiger partial charge in [0.25, 0.3) is 0 Å². The average molecular weight is 458 g/mol. The molecule has 1 unspecified atom stereocenters. The van der Waals surface area contributed by atoms with Crippen molar-refractivity contribution in [3.05, 3.63) is 70.5 Å². The molecule has 0 amide bonds. The Hall–Kier alpha value is -5.03. The van der Waals surface area contributed by atoms with Crippen LogP contribution >= 0.6 is 0 Å². The molecule has 0 saturated carbocycles. The van der Waals surface area contributed by atoms with Crippen LogP contribution in [0.4, 0.5) is 21.7 Å². The van der Waals surface area contributed by atoms with Crippen LogP contribution in [0.15, 0.2) is 47.5 Å². The number of nitrogens with two attached hydrogens (primary N) is 2. The van der Waals surface area contributed by atoms with Gasteiger partial charge in [-0.25, -0.2) is 14.4 Å². The summed E-state index contributed by atoms with van der Waals surface area (Å²) >= 11 is 0. The second-order valence-electron chi connectivity index (χ2n) is 7.19. The highest BCUT2D eigenvalue weighted by molar-refractivity contribution is 5.98. The fourth-order valence-electron chi connectivity index (χ4n) is 3.57. The maximum absolute atomic E-state index is 13.9. The Morgan fingerprint density at radius 1 is 1.18 bits per heavy atom. The van der Waals surface area contributed by atoms with E-state index in [4.69, 9.17) is 26.2 Å². The quantitative estimate of drug-likeness (QED) is 0.332. The molecule has 0 bridgehead atoms. The third-order valence-corrected chi connectivity index (χ3v) is 5.20. The highest BCUT2D eigenvalue weighted by Gasteiger charge is 2.30. The highest BCUT2D eigenvalue weighted by Crippen LogP contribution is 2.42. The van der Waals surface area contributed by atoms with Crippen LogP contribution in [0.1, 0.15) is 28.3 Å². The second kappa shape index (κ2) is 9.22. The SMILES string of the molecule is COc1cc(C2N=C(NC#N)Nc3nc(N)c(C#N)c(N)c32)ccc1OCc1ccccc1F. The zero-order chi connectivity index (χ0) is 24.2. The van der Waals surface area contributed by atoms with E-state index in [1.807, 2.05) is 6.07 Å². The summed E-state index contributed by atoms with van der Waals surface area (Å²) in [5, 5.41) is 23.8. The number of nitrogens with one attached hydrogen (secondary N) is 2. The summed E-state index contributed by atoms with van der Waals surface area (Å²) in [5.74, 6) is 0.760. The third kappa shape index (κ3) is 4.06. The number of nitriles is 2. The van der Waals surface area contributed by atoms with Crippen LogP contribution in [0, 0.1) is 28.6 Å². The first-order valence-corrected chi connectivity index (χ1v) is 9.99. The molecule has 11 heteroatoms. The maximum atomic E-state index is 13.9. The number of rotatable bonds is 5. The van der Waals surface area contributed by atoms with Crippen LogP contribution in [-0.2, 0) is 6.61 Å². The minimum absolute atomic E-state index is 0.00856. The Bertz CT molecular complexity index is 1380. The van der Waals surface area contributed by atoms with E-state index in [2.05, 4.69) is 20.6 Å². The molecule has 0 saturated heterocycles. The number of aliphatic imine (C=N–C) groups is 1. The van der Waals surface area contributed by atoms with Crippen LogP contribution in [0.25, 0.3) is 0 Å². The summed E-state index contributed by atoms with van der Waals surface area (Å²) < 4.78 is 25.2. The number of nitrogen functional groups attached to an aromatic ring is 2. The molecule has 1 aromatic heterocycles. The lowest BCUT2D eigenvalue weighted by molar-refractivity contribution is 0.279. The van der Waals surface area contributed by atoms with Crippen molar-refractivity contribution in [2.75, 3.05) is 23.9 Å². The predicted octanol–water partition coefficient (Wildman–Crippen LogP) is 2.79. The summed E-state index contributed by atoms with van der Waals surface area (Å²) in [6.07, 6.45) is 1.80. The molecule has 3 aromatic rings. The van der Waals surface area contributed by atoms with Gasteiger partial charge in [-0.1, -0.05) is 24.3 Å². The van der Waals surface area contributed by atoms with E-state index < -0.39 is 6.04 Å². The molecule has 0 radical (unpaired) electrons. The number of benzene rings is 2. The van der Waals surface area contributed by atoms with Crippen LogP contribution < -0.4 is 31.6 Å². The second-order valence-corrected chi connectivity index (χ2v) is 7.19. The molecule has 170 valence electrons. The Balaban J connectivity index is 1.74. The molecule has 2 aromatic carbocycles. The highest BCUT2D eigenvalue weighted by atomic mass is 19.1. The molecule has 6 N–H and O–H groups in total. The smallest absolute Gasteiger partial charge is 0.211 e. The Morgan fingerprint density at radius 3 is 2.68 bits per heavy atom. The molecule has 0 aliphatic carbocycles. The van der Waals surface area contributed by atoms with E-state index in [9.17, 15) is 9.65 Å². The van der Waals surface area contributed by atoms with Gasteiger partial charge in [-0.15, -0.1) is 0 Å². The fraction of sp³-hybridized carbons (Fsp3) is 0.130. The van der Waals surface area contributed by atoms with Gasteiger partial charge >= 0.3 is 0 Å². The Kier molecular flexibility index (Phi) is 6.01. The van der Waals surface area contributed by atoms with Gasteiger partial charge in [-0.3, -0.25) is 5.32 Å². The summed E-state index contributed by atoms with van der Waals surface area (Å²) in [7, 11) is 1.47. The number of halogens is 1. The molecule has 1 aliphatic heterocycles. The van der Waals surface area contributed by atoms with Gasteiger partial charge in [0.05, 0.1) is 12.8 Å². The lowest BCUT2D eigenvalue weighted by Crippen LogP contribution is -2.32. The van der Waals surface area contributed by atoms with Crippen molar-refractivity contribution in [1.29, 1.82) is 10.5 Å². The van der Waals surface area contributed by atoms with Crippen molar-refractivity contribution < 1.29 is 13.9 Å². The maximum Gasteiger partial charge on any atom is 0.211 e. The number of nitrogens with zero attached hydrogens (tertiary/aromatic N) is 4. The molecule has 1 atom stereocenters. The Labute approximate surface area is 194 Å². The van der Waals surface area contributed by atoms with Crippen LogP contribution in [-0.4, -0.2) is 18.1 Å². The lowest BCUT2D eigenvalue weighted by atomic mass is 9.95. The van der Waals surface area contributed by atoms with Crippen molar-refractivity contribution in [3.8, 4) is 23.8 Å². The number of guanidine groups is 1. The third-order valence-electron chi connectivity index (χ3n) is 5.20. The van der Waals surface area contributed by atoms with Gasteiger partial charge in [-0.2, -0.15) is 10.5 Å².